The molecule has 1 aliphatic rings. The minimum atomic E-state index is -3.90. The maximum absolute atomic E-state index is 14.0. The second-order valence-corrected chi connectivity index (χ2v) is 12.8. The summed E-state index contributed by atoms with van der Waals surface area (Å²) in [7, 11) is -2.50. The van der Waals surface area contributed by atoms with E-state index in [4.69, 9.17) is 0 Å². The number of carbonyl (C=O) groups excluding carboxylic acids is 2. The van der Waals surface area contributed by atoms with Gasteiger partial charge in [-0.1, -0.05) is 85.1 Å². The zero-order valence-corrected chi connectivity index (χ0v) is 24.4. The summed E-state index contributed by atoms with van der Waals surface area (Å²) in [5.41, 5.74) is 3.78. The zero-order valence-electron chi connectivity index (χ0n) is 23.5. The van der Waals surface area contributed by atoms with Gasteiger partial charge in [-0.25, -0.2) is 8.42 Å². The first-order valence-electron chi connectivity index (χ1n) is 13.9. The van der Waals surface area contributed by atoms with Gasteiger partial charge in [-0.2, -0.15) is 4.31 Å². The third kappa shape index (κ3) is 7.37. The summed E-state index contributed by atoms with van der Waals surface area (Å²) >= 11 is 0. The Morgan fingerprint density at radius 2 is 1.52 bits per heavy atom. The molecule has 1 saturated carbocycles. The van der Waals surface area contributed by atoms with E-state index in [1.807, 2.05) is 68.4 Å². The Morgan fingerprint density at radius 3 is 2.17 bits per heavy atom. The number of hydrogen-bond acceptors (Lipinski definition) is 4. The van der Waals surface area contributed by atoms with Crippen molar-refractivity contribution in [1.29, 1.82) is 0 Å². The number of likely N-dealkylation sites (N-methyl/N-ethyl adjacent to an activating group) is 1. The molecule has 0 aromatic heterocycles. The number of benzene rings is 3. The van der Waals surface area contributed by atoms with Gasteiger partial charge in [-0.05, 0) is 55.5 Å². The average molecular weight is 562 g/mol. The van der Waals surface area contributed by atoms with Crippen LogP contribution in [0, 0.1) is 13.8 Å². The summed E-state index contributed by atoms with van der Waals surface area (Å²) in [6, 6.07) is 23.2. The van der Waals surface area contributed by atoms with Crippen molar-refractivity contribution < 1.29 is 18.0 Å². The van der Waals surface area contributed by atoms with Crippen molar-refractivity contribution in [3.05, 3.63) is 101 Å². The quantitative estimate of drug-likeness (QED) is 0.370. The highest BCUT2D eigenvalue weighted by Gasteiger charge is 2.34. The van der Waals surface area contributed by atoms with Crippen molar-refractivity contribution in [2.75, 3.05) is 13.6 Å². The van der Waals surface area contributed by atoms with Crippen LogP contribution in [0.25, 0.3) is 0 Å². The number of nitrogens with zero attached hydrogens (tertiary/aromatic N) is 2. The Bertz CT molecular complexity index is 1400. The number of sulfonamides is 1. The van der Waals surface area contributed by atoms with Gasteiger partial charge in [0.1, 0.15) is 6.04 Å². The number of carbonyl (C=O) groups is 2. The maximum atomic E-state index is 14.0. The molecule has 1 atom stereocenters. The molecule has 0 aliphatic heterocycles. The Kier molecular flexibility index (Phi) is 9.76. The van der Waals surface area contributed by atoms with Crippen LogP contribution in [0.15, 0.2) is 83.8 Å². The van der Waals surface area contributed by atoms with Crippen molar-refractivity contribution in [3.8, 4) is 0 Å². The van der Waals surface area contributed by atoms with Gasteiger partial charge >= 0.3 is 0 Å². The topological polar surface area (TPSA) is 86.8 Å². The van der Waals surface area contributed by atoms with E-state index in [1.165, 1.54) is 7.05 Å². The van der Waals surface area contributed by atoms with Crippen LogP contribution >= 0.6 is 0 Å². The maximum Gasteiger partial charge on any atom is 0.243 e. The number of aryl methyl sites for hydroxylation is 2. The molecule has 1 N–H and O–H groups in total. The molecule has 212 valence electrons. The van der Waals surface area contributed by atoms with E-state index < -0.39 is 22.0 Å². The normalized spacial score (nSPS) is 14.7. The molecule has 1 fully saturated rings. The van der Waals surface area contributed by atoms with Gasteiger partial charge in [0.15, 0.2) is 0 Å². The highest BCUT2D eigenvalue weighted by atomic mass is 32.2. The summed E-state index contributed by atoms with van der Waals surface area (Å²) in [6.45, 7) is 3.66. The predicted molar refractivity (Wildman–Crippen MR) is 157 cm³/mol. The molecular weight excluding hydrogens is 522 g/mol. The Labute approximate surface area is 238 Å². The van der Waals surface area contributed by atoms with Gasteiger partial charge in [0.2, 0.25) is 21.8 Å². The van der Waals surface area contributed by atoms with Crippen LogP contribution in [0.4, 0.5) is 0 Å². The smallest absolute Gasteiger partial charge is 0.243 e. The highest BCUT2D eigenvalue weighted by molar-refractivity contribution is 7.89. The number of amides is 2. The van der Waals surface area contributed by atoms with Crippen LogP contribution in [-0.2, 0) is 32.6 Å². The van der Waals surface area contributed by atoms with Crippen molar-refractivity contribution >= 4 is 21.8 Å². The SMILES string of the molecule is Cc1ccc(S(=O)(=O)N(C)CC(=O)N(Cc2ccccc2C)[C@@H](Cc2ccccc2)C(=O)NC2CCCC2)cc1. The second-order valence-electron chi connectivity index (χ2n) is 10.7. The average Bonchev–Trinajstić information content (AvgIpc) is 3.45. The van der Waals surface area contributed by atoms with Gasteiger partial charge in [0.25, 0.3) is 0 Å². The van der Waals surface area contributed by atoms with E-state index in [-0.39, 0.29) is 29.9 Å². The molecule has 0 unspecified atom stereocenters. The third-order valence-electron chi connectivity index (χ3n) is 7.66. The molecule has 8 heteroatoms. The number of nitrogens with one attached hydrogen (secondary N) is 1. The molecule has 0 spiro atoms. The lowest BCUT2D eigenvalue weighted by atomic mass is 10.0. The first kappa shape index (κ1) is 29.5. The predicted octanol–water partition coefficient (Wildman–Crippen LogP) is 4.62. The fourth-order valence-electron chi connectivity index (χ4n) is 5.15. The largest absolute Gasteiger partial charge is 0.352 e. The van der Waals surface area contributed by atoms with E-state index >= 15 is 0 Å². The van der Waals surface area contributed by atoms with Crippen LogP contribution in [0.1, 0.15) is 47.9 Å². The first-order valence-corrected chi connectivity index (χ1v) is 15.3. The van der Waals surface area contributed by atoms with Crippen molar-refractivity contribution in [3.63, 3.8) is 0 Å². The van der Waals surface area contributed by atoms with E-state index in [2.05, 4.69) is 5.32 Å². The molecule has 0 radical (unpaired) electrons. The van der Waals surface area contributed by atoms with Gasteiger partial charge in [-0.3, -0.25) is 9.59 Å². The van der Waals surface area contributed by atoms with Crippen LogP contribution in [0.3, 0.4) is 0 Å². The molecule has 3 aromatic rings. The minimum absolute atomic E-state index is 0.0887. The lowest BCUT2D eigenvalue weighted by molar-refractivity contribution is -0.141. The lowest BCUT2D eigenvalue weighted by Gasteiger charge is -2.33. The Balaban J connectivity index is 1.66. The molecule has 40 heavy (non-hydrogen) atoms. The summed E-state index contributed by atoms with van der Waals surface area (Å²) < 4.78 is 27.7. The Morgan fingerprint density at radius 1 is 0.900 bits per heavy atom. The second kappa shape index (κ2) is 13.2. The van der Waals surface area contributed by atoms with E-state index in [9.17, 15) is 18.0 Å². The molecule has 1 aliphatic carbocycles. The van der Waals surface area contributed by atoms with Crippen LogP contribution in [0.5, 0.6) is 0 Å². The van der Waals surface area contributed by atoms with E-state index in [0.29, 0.717) is 6.42 Å². The van der Waals surface area contributed by atoms with Crippen molar-refractivity contribution in [2.45, 2.75) is 69.5 Å². The summed E-state index contributed by atoms with van der Waals surface area (Å²) in [4.78, 5) is 29.5. The van der Waals surface area contributed by atoms with Gasteiger partial charge < -0.3 is 10.2 Å². The molecule has 7 nitrogen and oxygen atoms in total. The first-order chi connectivity index (χ1) is 19.1. The number of rotatable bonds is 11. The Hall–Kier alpha value is -3.49. The fraction of sp³-hybridized carbons (Fsp3) is 0.375. The van der Waals surface area contributed by atoms with Crippen molar-refractivity contribution in [1.82, 2.24) is 14.5 Å². The van der Waals surface area contributed by atoms with Crippen LogP contribution < -0.4 is 5.32 Å². The molecular formula is C32H39N3O4S. The summed E-state index contributed by atoms with van der Waals surface area (Å²) in [5, 5.41) is 3.18. The van der Waals surface area contributed by atoms with E-state index in [0.717, 1.165) is 52.2 Å². The standard InChI is InChI=1S/C32H39N3O4S/c1-24-17-19-29(20-18-24)40(38,39)34(3)23-31(36)35(22-27-14-8-7-11-25(27)2)30(21-26-12-5-4-6-13-26)32(37)33-28-15-9-10-16-28/h4-8,11-14,17-20,28,30H,9-10,15-16,21-23H2,1-3H3,(H,33,37)/t30-/m0/s1. The van der Waals surface area contributed by atoms with E-state index in [1.54, 1.807) is 29.2 Å². The third-order valence-corrected chi connectivity index (χ3v) is 9.48. The molecule has 0 saturated heterocycles. The number of hydrogen-bond donors (Lipinski definition) is 1. The van der Waals surface area contributed by atoms with Gasteiger partial charge in [0, 0.05) is 26.1 Å². The lowest BCUT2D eigenvalue weighted by Crippen LogP contribution is -2.54. The van der Waals surface area contributed by atoms with Gasteiger partial charge in [-0.15, -0.1) is 0 Å². The fourth-order valence-corrected chi connectivity index (χ4v) is 6.27. The molecule has 4 rings (SSSR count). The molecule has 0 bridgehead atoms. The zero-order chi connectivity index (χ0) is 28.7. The summed E-state index contributed by atoms with van der Waals surface area (Å²) in [6.07, 6.45) is 4.31. The van der Waals surface area contributed by atoms with Crippen LogP contribution in [0.2, 0.25) is 0 Å². The molecule has 0 heterocycles. The van der Waals surface area contributed by atoms with Crippen LogP contribution in [-0.4, -0.2) is 55.1 Å². The summed E-state index contributed by atoms with van der Waals surface area (Å²) in [5.74, 6) is -0.634. The minimum Gasteiger partial charge on any atom is -0.352 e. The molecule has 3 aromatic carbocycles. The van der Waals surface area contributed by atoms with Gasteiger partial charge in [0.05, 0.1) is 11.4 Å². The van der Waals surface area contributed by atoms with Crippen molar-refractivity contribution in [2.24, 2.45) is 0 Å². The highest BCUT2D eigenvalue weighted by Crippen LogP contribution is 2.22. The monoisotopic (exact) mass is 561 g/mol. The molecule has 2 amide bonds.